The summed E-state index contributed by atoms with van der Waals surface area (Å²) < 4.78 is 16.5. The van der Waals surface area contributed by atoms with Crippen molar-refractivity contribution in [3.05, 3.63) is 0 Å². The largest absolute Gasteiger partial charge is 0.375 e. The molecule has 1 rings (SSSR count). The standard InChI is InChI=1S/C8H18NO3P/c1-3-9-4-5-12-8(6-9)7-13(2,10)11/h8H,3-7H2,1-2H3,(H,10,11). The molecule has 2 unspecified atom stereocenters. The summed E-state index contributed by atoms with van der Waals surface area (Å²) in [6.45, 7) is 6.87. The number of rotatable bonds is 3. The molecule has 1 N–H and O–H groups in total. The summed E-state index contributed by atoms with van der Waals surface area (Å²) >= 11 is 0. The Hall–Kier alpha value is 0.110. The summed E-state index contributed by atoms with van der Waals surface area (Å²) in [4.78, 5) is 11.4. The Balaban J connectivity index is 2.38. The zero-order chi connectivity index (χ0) is 9.90. The Morgan fingerprint density at radius 3 is 2.92 bits per heavy atom. The molecule has 0 aromatic rings. The SMILES string of the molecule is CCN1CCOC(CP(C)(=O)O)C1. The van der Waals surface area contributed by atoms with E-state index < -0.39 is 7.37 Å². The lowest BCUT2D eigenvalue weighted by Gasteiger charge is -2.32. The molecule has 0 bridgehead atoms. The molecule has 4 nitrogen and oxygen atoms in total. The van der Waals surface area contributed by atoms with Crippen LogP contribution in [0.15, 0.2) is 0 Å². The predicted octanol–water partition coefficient (Wildman–Crippen LogP) is 0.607. The molecule has 0 amide bonds. The maximum atomic E-state index is 11.1. The number of hydrogen-bond donors (Lipinski definition) is 1. The molecule has 0 aliphatic carbocycles. The Labute approximate surface area is 79.3 Å². The highest BCUT2D eigenvalue weighted by Gasteiger charge is 2.24. The Kier molecular flexibility index (Phi) is 3.92. The normalized spacial score (nSPS) is 29.9. The monoisotopic (exact) mass is 207 g/mol. The molecule has 0 radical (unpaired) electrons. The second kappa shape index (κ2) is 4.56. The first-order chi connectivity index (χ1) is 6.01. The quantitative estimate of drug-likeness (QED) is 0.689. The van der Waals surface area contributed by atoms with Gasteiger partial charge in [0.2, 0.25) is 0 Å². The fourth-order valence-electron chi connectivity index (χ4n) is 1.56. The van der Waals surface area contributed by atoms with Crippen molar-refractivity contribution in [2.75, 3.05) is 39.1 Å². The molecular formula is C8H18NO3P. The van der Waals surface area contributed by atoms with Gasteiger partial charge in [-0.05, 0) is 6.54 Å². The first-order valence-electron chi connectivity index (χ1n) is 4.64. The van der Waals surface area contributed by atoms with E-state index in [0.717, 1.165) is 19.6 Å². The first kappa shape index (κ1) is 11.2. The van der Waals surface area contributed by atoms with Crippen LogP contribution in [-0.2, 0) is 9.30 Å². The van der Waals surface area contributed by atoms with Crippen LogP contribution in [0.3, 0.4) is 0 Å². The lowest BCUT2D eigenvalue weighted by atomic mass is 10.3. The minimum absolute atomic E-state index is 0.0606. The highest BCUT2D eigenvalue weighted by molar-refractivity contribution is 7.57. The van der Waals surface area contributed by atoms with Crippen molar-refractivity contribution in [2.45, 2.75) is 13.0 Å². The zero-order valence-corrected chi connectivity index (χ0v) is 9.17. The number of ether oxygens (including phenoxy) is 1. The lowest BCUT2D eigenvalue weighted by molar-refractivity contribution is -0.0153. The zero-order valence-electron chi connectivity index (χ0n) is 8.27. The van der Waals surface area contributed by atoms with Crippen LogP contribution in [-0.4, -0.2) is 55.0 Å². The minimum atomic E-state index is -2.92. The van der Waals surface area contributed by atoms with Crippen LogP contribution in [0.25, 0.3) is 0 Å². The smallest absolute Gasteiger partial charge is 0.200 e. The topological polar surface area (TPSA) is 49.8 Å². The molecule has 1 fully saturated rings. The lowest BCUT2D eigenvalue weighted by Crippen LogP contribution is -2.43. The number of morpholine rings is 1. The highest BCUT2D eigenvalue weighted by atomic mass is 31.2. The highest BCUT2D eigenvalue weighted by Crippen LogP contribution is 2.36. The maximum Gasteiger partial charge on any atom is 0.200 e. The average molecular weight is 207 g/mol. The summed E-state index contributed by atoms with van der Waals surface area (Å²) in [6.07, 6.45) is 0.221. The fourth-order valence-corrected chi connectivity index (χ4v) is 2.53. The molecule has 0 aromatic carbocycles. The van der Waals surface area contributed by atoms with Crippen molar-refractivity contribution >= 4 is 7.37 Å². The van der Waals surface area contributed by atoms with Gasteiger partial charge in [-0.15, -0.1) is 0 Å². The van der Waals surface area contributed by atoms with E-state index in [-0.39, 0.29) is 12.3 Å². The molecule has 0 aromatic heterocycles. The third-order valence-electron chi connectivity index (χ3n) is 2.21. The summed E-state index contributed by atoms with van der Waals surface area (Å²) in [5.41, 5.74) is 0. The molecule has 1 aliphatic rings. The Morgan fingerprint density at radius 2 is 2.38 bits per heavy atom. The molecule has 5 heteroatoms. The fraction of sp³-hybridized carbons (Fsp3) is 1.00. The van der Waals surface area contributed by atoms with Crippen LogP contribution in [0, 0.1) is 0 Å². The van der Waals surface area contributed by atoms with Crippen LogP contribution >= 0.6 is 7.37 Å². The molecule has 0 saturated carbocycles. The molecular weight excluding hydrogens is 189 g/mol. The second-order valence-corrected chi connectivity index (χ2v) is 6.09. The van der Waals surface area contributed by atoms with E-state index in [2.05, 4.69) is 11.8 Å². The van der Waals surface area contributed by atoms with Crippen molar-refractivity contribution in [3.63, 3.8) is 0 Å². The third kappa shape index (κ3) is 4.23. The van der Waals surface area contributed by atoms with E-state index in [4.69, 9.17) is 4.74 Å². The number of nitrogens with zero attached hydrogens (tertiary/aromatic N) is 1. The molecule has 78 valence electrons. The predicted molar refractivity (Wildman–Crippen MR) is 52.5 cm³/mol. The Morgan fingerprint density at radius 1 is 1.69 bits per heavy atom. The maximum absolute atomic E-state index is 11.1. The van der Waals surface area contributed by atoms with Crippen LogP contribution in [0.1, 0.15) is 6.92 Å². The van der Waals surface area contributed by atoms with Crippen LogP contribution in [0.4, 0.5) is 0 Å². The molecule has 13 heavy (non-hydrogen) atoms. The summed E-state index contributed by atoms with van der Waals surface area (Å²) in [6, 6.07) is 0. The van der Waals surface area contributed by atoms with Gasteiger partial charge in [0, 0.05) is 19.8 Å². The van der Waals surface area contributed by atoms with Gasteiger partial charge in [-0.2, -0.15) is 0 Å². The van der Waals surface area contributed by atoms with Gasteiger partial charge in [0.1, 0.15) is 0 Å². The van der Waals surface area contributed by atoms with Gasteiger partial charge < -0.3 is 9.63 Å². The summed E-state index contributed by atoms with van der Waals surface area (Å²) in [5.74, 6) is 0. The number of hydrogen-bond acceptors (Lipinski definition) is 3. The van der Waals surface area contributed by atoms with Gasteiger partial charge in [0.05, 0.1) is 18.9 Å². The minimum Gasteiger partial charge on any atom is -0.375 e. The van der Waals surface area contributed by atoms with Gasteiger partial charge in [-0.1, -0.05) is 6.92 Å². The van der Waals surface area contributed by atoms with E-state index >= 15 is 0 Å². The van der Waals surface area contributed by atoms with Crippen LogP contribution in [0.2, 0.25) is 0 Å². The summed E-state index contributed by atoms with van der Waals surface area (Å²) in [5, 5.41) is 0. The van der Waals surface area contributed by atoms with Crippen LogP contribution in [0.5, 0.6) is 0 Å². The molecule has 2 atom stereocenters. The van der Waals surface area contributed by atoms with E-state index in [1.54, 1.807) is 0 Å². The van der Waals surface area contributed by atoms with Crippen molar-refractivity contribution in [2.24, 2.45) is 0 Å². The summed E-state index contributed by atoms with van der Waals surface area (Å²) in [7, 11) is -2.92. The second-order valence-electron chi connectivity index (χ2n) is 3.62. The van der Waals surface area contributed by atoms with E-state index in [1.807, 2.05) is 0 Å². The first-order valence-corrected chi connectivity index (χ1v) is 6.93. The van der Waals surface area contributed by atoms with Gasteiger partial charge in [-0.3, -0.25) is 9.46 Å². The van der Waals surface area contributed by atoms with Gasteiger partial charge in [-0.25, -0.2) is 0 Å². The molecule has 0 spiro atoms. The van der Waals surface area contributed by atoms with Crippen molar-refractivity contribution in [1.82, 2.24) is 4.90 Å². The van der Waals surface area contributed by atoms with Crippen LogP contribution < -0.4 is 0 Å². The van der Waals surface area contributed by atoms with E-state index in [9.17, 15) is 9.46 Å². The van der Waals surface area contributed by atoms with Gasteiger partial charge in [0.15, 0.2) is 7.37 Å². The van der Waals surface area contributed by atoms with E-state index in [1.165, 1.54) is 6.66 Å². The van der Waals surface area contributed by atoms with Gasteiger partial charge >= 0.3 is 0 Å². The number of likely N-dealkylation sites (N-methyl/N-ethyl adjacent to an activating group) is 1. The average Bonchev–Trinajstić information content (AvgIpc) is 2.01. The third-order valence-corrected chi connectivity index (χ3v) is 3.30. The van der Waals surface area contributed by atoms with Crippen molar-refractivity contribution in [1.29, 1.82) is 0 Å². The molecule has 1 aliphatic heterocycles. The van der Waals surface area contributed by atoms with Gasteiger partial charge in [0.25, 0.3) is 0 Å². The molecule has 1 saturated heterocycles. The van der Waals surface area contributed by atoms with Crippen molar-refractivity contribution < 1.29 is 14.2 Å². The molecule has 1 heterocycles. The Bertz CT molecular complexity index is 204. The van der Waals surface area contributed by atoms with Crippen molar-refractivity contribution in [3.8, 4) is 0 Å². The van der Waals surface area contributed by atoms with E-state index in [0.29, 0.717) is 6.61 Å².